The van der Waals surface area contributed by atoms with Gasteiger partial charge in [-0.2, -0.15) is 0 Å². The van der Waals surface area contributed by atoms with Gasteiger partial charge in [-0.3, -0.25) is 9.59 Å². The number of H-pyrrole nitrogens is 1. The molecule has 1 heterocycles. The number of carboxylic acid groups (broad SMARTS) is 1. The molecule has 1 aromatic heterocycles. The summed E-state index contributed by atoms with van der Waals surface area (Å²) < 4.78 is 0. The van der Waals surface area contributed by atoms with E-state index in [0.29, 0.717) is 19.3 Å². The fourth-order valence-corrected chi connectivity index (χ4v) is 2.74. The van der Waals surface area contributed by atoms with Gasteiger partial charge >= 0.3 is 5.97 Å². The first-order valence-corrected chi connectivity index (χ1v) is 7.87. The van der Waals surface area contributed by atoms with Crippen molar-refractivity contribution in [1.82, 2.24) is 10.3 Å². The van der Waals surface area contributed by atoms with Crippen LogP contribution >= 0.6 is 0 Å². The maximum Gasteiger partial charge on any atom is 0.303 e. The van der Waals surface area contributed by atoms with E-state index in [1.807, 2.05) is 26.1 Å². The number of hydrogen-bond acceptors (Lipinski definition) is 2. The Kier molecular flexibility index (Phi) is 5.08. The third kappa shape index (κ3) is 4.58. The molecule has 5 nitrogen and oxygen atoms in total. The second kappa shape index (κ2) is 6.86. The molecule has 0 aliphatic rings. The van der Waals surface area contributed by atoms with Crippen LogP contribution in [0.3, 0.4) is 0 Å². The summed E-state index contributed by atoms with van der Waals surface area (Å²) in [6, 6.07) is 6.13. The molecule has 124 valence electrons. The fourth-order valence-electron chi connectivity index (χ4n) is 2.74. The summed E-state index contributed by atoms with van der Waals surface area (Å²) in [5.74, 6) is -0.899. The van der Waals surface area contributed by atoms with Gasteiger partial charge in [-0.25, -0.2) is 0 Å². The molecule has 0 unspecified atom stereocenters. The molecule has 5 heteroatoms. The monoisotopic (exact) mass is 316 g/mol. The Morgan fingerprint density at radius 3 is 2.70 bits per heavy atom. The Morgan fingerprint density at radius 1 is 1.26 bits per heavy atom. The number of nitrogens with one attached hydrogen (secondary N) is 2. The van der Waals surface area contributed by atoms with Crippen molar-refractivity contribution in [3.63, 3.8) is 0 Å². The number of para-hydroxylation sites is 1. The van der Waals surface area contributed by atoms with Crippen LogP contribution in [-0.2, 0) is 16.0 Å². The zero-order chi connectivity index (χ0) is 17.0. The molecule has 0 spiro atoms. The Morgan fingerprint density at radius 2 is 2.00 bits per heavy atom. The molecule has 23 heavy (non-hydrogen) atoms. The number of aryl methyl sites for hydroxylation is 2. The van der Waals surface area contributed by atoms with E-state index < -0.39 is 11.5 Å². The molecule has 0 fully saturated rings. The first-order chi connectivity index (χ1) is 10.8. The van der Waals surface area contributed by atoms with Gasteiger partial charge in [0.1, 0.15) is 0 Å². The third-order valence-corrected chi connectivity index (χ3v) is 4.07. The Labute approximate surface area is 136 Å². The van der Waals surface area contributed by atoms with Crippen molar-refractivity contribution in [2.24, 2.45) is 0 Å². The van der Waals surface area contributed by atoms with E-state index in [-0.39, 0.29) is 12.3 Å². The number of aliphatic carboxylic acids is 1. The van der Waals surface area contributed by atoms with Crippen molar-refractivity contribution in [2.75, 3.05) is 0 Å². The van der Waals surface area contributed by atoms with Gasteiger partial charge in [0.15, 0.2) is 0 Å². The molecule has 1 amide bonds. The van der Waals surface area contributed by atoms with E-state index in [2.05, 4.69) is 29.4 Å². The average molecular weight is 316 g/mol. The molecule has 0 bridgehead atoms. The van der Waals surface area contributed by atoms with E-state index in [0.717, 1.165) is 16.5 Å². The van der Waals surface area contributed by atoms with Crippen LogP contribution in [0, 0.1) is 6.92 Å². The minimum Gasteiger partial charge on any atom is -0.481 e. The molecule has 0 aliphatic heterocycles. The molecule has 1 aromatic carbocycles. The van der Waals surface area contributed by atoms with Gasteiger partial charge in [-0.1, -0.05) is 18.2 Å². The molecule has 0 aliphatic carbocycles. The Bertz CT molecular complexity index is 716. The fraction of sp³-hybridized carbons (Fsp3) is 0.444. The number of aromatic amines is 1. The summed E-state index contributed by atoms with van der Waals surface area (Å²) in [7, 11) is 0. The van der Waals surface area contributed by atoms with E-state index in [1.165, 1.54) is 5.56 Å². The van der Waals surface area contributed by atoms with Gasteiger partial charge in [-0.15, -0.1) is 0 Å². The zero-order valence-electron chi connectivity index (χ0n) is 13.9. The topological polar surface area (TPSA) is 82.2 Å². The second-order valence-corrected chi connectivity index (χ2v) is 6.64. The summed E-state index contributed by atoms with van der Waals surface area (Å²) in [4.78, 5) is 26.0. The highest BCUT2D eigenvalue weighted by atomic mass is 16.4. The number of rotatable bonds is 7. The molecule has 3 N–H and O–H groups in total. The number of fused-ring (bicyclic) bond motifs is 1. The summed E-state index contributed by atoms with van der Waals surface area (Å²) in [5, 5.41) is 12.8. The maximum atomic E-state index is 12.1. The summed E-state index contributed by atoms with van der Waals surface area (Å²) in [6.45, 7) is 5.76. The van der Waals surface area contributed by atoms with Gasteiger partial charge in [-0.05, 0) is 44.7 Å². The Hall–Kier alpha value is -2.30. The van der Waals surface area contributed by atoms with Gasteiger partial charge < -0.3 is 15.4 Å². The number of amides is 1. The molecule has 0 radical (unpaired) electrons. The van der Waals surface area contributed by atoms with Crippen molar-refractivity contribution < 1.29 is 14.7 Å². The molecule has 2 rings (SSSR count). The quantitative estimate of drug-likeness (QED) is 0.734. The average Bonchev–Trinajstić information content (AvgIpc) is 2.87. The van der Waals surface area contributed by atoms with Crippen LogP contribution in [0.1, 0.15) is 44.2 Å². The smallest absolute Gasteiger partial charge is 0.303 e. The lowest BCUT2D eigenvalue weighted by Gasteiger charge is -2.25. The number of carboxylic acids is 1. The highest BCUT2D eigenvalue weighted by Crippen LogP contribution is 2.22. The summed E-state index contributed by atoms with van der Waals surface area (Å²) in [5.41, 5.74) is 2.92. The van der Waals surface area contributed by atoms with Crippen LogP contribution in [-0.4, -0.2) is 27.5 Å². The van der Waals surface area contributed by atoms with Crippen molar-refractivity contribution in [3.8, 4) is 0 Å². The lowest BCUT2D eigenvalue weighted by molar-refractivity contribution is -0.137. The summed E-state index contributed by atoms with van der Waals surface area (Å²) in [6.07, 6.45) is 3.47. The maximum absolute atomic E-state index is 12.1. The van der Waals surface area contributed by atoms with Crippen LogP contribution in [0.2, 0.25) is 0 Å². The van der Waals surface area contributed by atoms with Crippen molar-refractivity contribution >= 4 is 22.8 Å². The first kappa shape index (κ1) is 17.1. The second-order valence-electron chi connectivity index (χ2n) is 6.64. The predicted molar refractivity (Wildman–Crippen MR) is 90.4 cm³/mol. The van der Waals surface area contributed by atoms with Crippen LogP contribution in [0.25, 0.3) is 10.9 Å². The first-order valence-electron chi connectivity index (χ1n) is 7.87. The highest BCUT2D eigenvalue weighted by Gasteiger charge is 2.21. The zero-order valence-corrected chi connectivity index (χ0v) is 13.9. The molecular weight excluding hydrogens is 292 g/mol. The lowest BCUT2D eigenvalue weighted by atomic mass is 9.97. The SMILES string of the molecule is Cc1cccc2c(CCC(=O)NC(C)(C)CCC(=O)O)c[nH]c12. The van der Waals surface area contributed by atoms with E-state index in [4.69, 9.17) is 5.11 Å². The number of carbonyl (C=O) groups excluding carboxylic acids is 1. The molecular formula is C18H24N2O3. The number of hydrogen-bond donors (Lipinski definition) is 3. The number of carbonyl (C=O) groups is 2. The van der Waals surface area contributed by atoms with Crippen LogP contribution in [0.4, 0.5) is 0 Å². The van der Waals surface area contributed by atoms with E-state index >= 15 is 0 Å². The summed E-state index contributed by atoms with van der Waals surface area (Å²) >= 11 is 0. The normalized spacial score (nSPS) is 11.6. The van der Waals surface area contributed by atoms with E-state index in [9.17, 15) is 9.59 Å². The minimum absolute atomic E-state index is 0.0506. The van der Waals surface area contributed by atoms with Crippen LogP contribution in [0.15, 0.2) is 24.4 Å². The third-order valence-electron chi connectivity index (χ3n) is 4.07. The van der Waals surface area contributed by atoms with Crippen LogP contribution in [0.5, 0.6) is 0 Å². The molecule has 0 saturated carbocycles. The highest BCUT2D eigenvalue weighted by molar-refractivity contribution is 5.86. The lowest BCUT2D eigenvalue weighted by Crippen LogP contribution is -2.43. The van der Waals surface area contributed by atoms with Crippen LogP contribution < -0.4 is 5.32 Å². The van der Waals surface area contributed by atoms with Crippen molar-refractivity contribution in [2.45, 2.75) is 52.0 Å². The van der Waals surface area contributed by atoms with Gasteiger partial charge in [0, 0.05) is 35.5 Å². The molecule has 0 atom stereocenters. The van der Waals surface area contributed by atoms with E-state index in [1.54, 1.807) is 0 Å². The Balaban J connectivity index is 1.93. The minimum atomic E-state index is -0.846. The molecule has 0 saturated heterocycles. The van der Waals surface area contributed by atoms with Crippen molar-refractivity contribution in [3.05, 3.63) is 35.5 Å². The number of benzene rings is 1. The predicted octanol–water partition coefficient (Wildman–Crippen LogP) is 3.17. The number of aromatic nitrogens is 1. The van der Waals surface area contributed by atoms with Crippen molar-refractivity contribution in [1.29, 1.82) is 0 Å². The molecule has 2 aromatic rings. The van der Waals surface area contributed by atoms with Gasteiger partial charge in [0.2, 0.25) is 5.91 Å². The van der Waals surface area contributed by atoms with Gasteiger partial charge in [0.25, 0.3) is 0 Å². The largest absolute Gasteiger partial charge is 0.481 e. The van der Waals surface area contributed by atoms with Gasteiger partial charge in [0.05, 0.1) is 0 Å². The standard InChI is InChI=1S/C18H24N2O3/c1-12-5-4-6-14-13(11-19-17(12)14)7-8-15(21)20-18(2,3)10-9-16(22)23/h4-6,11,19H,7-10H2,1-3H3,(H,20,21)(H,22,23).